The van der Waals surface area contributed by atoms with Crippen LogP contribution in [0.5, 0.6) is 11.5 Å². The largest absolute Gasteiger partial charge is 0.435 e. The molecule has 1 N–H and O–H groups in total. The lowest BCUT2D eigenvalue weighted by atomic mass is 10.1. The third-order valence-corrected chi connectivity index (χ3v) is 4.53. The van der Waals surface area contributed by atoms with Crippen molar-refractivity contribution in [1.82, 2.24) is 14.9 Å². The summed E-state index contributed by atoms with van der Waals surface area (Å²) in [6, 6.07) is 9.98. The Morgan fingerprint density at radius 3 is 2.55 bits per heavy atom. The van der Waals surface area contributed by atoms with Crippen LogP contribution in [0.4, 0.5) is 17.6 Å². The number of halogens is 4. The quantitative estimate of drug-likeness (QED) is 0.379. The number of hydrogen-bond donors (Lipinski definition) is 1. The normalized spacial score (nSPS) is 11.5. The summed E-state index contributed by atoms with van der Waals surface area (Å²) < 4.78 is 58.7. The number of ether oxygens (including phenoxy) is 2. The van der Waals surface area contributed by atoms with Gasteiger partial charge in [-0.05, 0) is 37.3 Å². The van der Waals surface area contributed by atoms with Gasteiger partial charge in [-0.25, -0.2) is 4.98 Å². The van der Waals surface area contributed by atoms with E-state index in [1.807, 2.05) is 0 Å². The number of alkyl halides is 4. The van der Waals surface area contributed by atoms with Crippen molar-refractivity contribution < 1.29 is 31.8 Å². The monoisotopic (exact) mass is 465 g/mol. The van der Waals surface area contributed by atoms with E-state index in [9.17, 15) is 27.2 Å². The molecule has 1 heterocycles. The van der Waals surface area contributed by atoms with Gasteiger partial charge in [0, 0.05) is 24.3 Å². The lowest BCUT2D eigenvalue weighted by Crippen LogP contribution is -2.30. The van der Waals surface area contributed by atoms with Gasteiger partial charge in [-0.1, -0.05) is 12.1 Å². The van der Waals surface area contributed by atoms with Crippen LogP contribution in [0, 0.1) is 0 Å². The standard InChI is InChI=1S/C22H19F4N3O4/c1-2-29(12-18-27-16-6-4-3-5-15(16)20(31)28-18)19(30)10-8-13-7-9-14(32-21(23)24)11-17(13)33-22(25)26/h3-11,21-22H,2,12H2,1H3,(H,27,28,31). The summed E-state index contributed by atoms with van der Waals surface area (Å²) in [7, 11) is 0. The Morgan fingerprint density at radius 1 is 1.12 bits per heavy atom. The number of nitrogens with zero attached hydrogens (tertiary/aromatic N) is 2. The highest BCUT2D eigenvalue weighted by molar-refractivity contribution is 5.92. The summed E-state index contributed by atoms with van der Waals surface area (Å²) in [5.41, 5.74) is 0.197. The van der Waals surface area contributed by atoms with Crippen LogP contribution in [-0.4, -0.2) is 40.5 Å². The Hall–Kier alpha value is -3.89. The van der Waals surface area contributed by atoms with Crippen molar-refractivity contribution in [3.05, 3.63) is 70.3 Å². The number of aromatic nitrogens is 2. The summed E-state index contributed by atoms with van der Waals surface area (Å²) in [4.78, 5) is 33.2. The van der Waals surface area contributed by atoms with Crippen molar-refractivity contribution in [3.63, 3.8) is 0 Å². The fraction of sp³-hybridized carbons (Fsp3) is 0.227. The number of hydrogen-bond acceptors (Lipinski definition) is 5. The van der Waals surface area contributed by atoms with Crippen LogP contribution in [0.15, 0.2) is 53.3 Å². The van der Waals surface area contributed by atoms with Gasteiger partial charge in [0.15, 0.2) is 0 Å². The van der Waals surface area contributed by atoms with E-state index < -0.39 is 24.9 Å². The van der Waals surface area contributed by atoms with E-state index in [0.29, 0.717) is 10.9 Å². The Balaban J connectivity index is 1.80. The molecule has 0 aliphatic rings. The van der Waals surface area contributed by atoms with Crippen molar-refractivity contribution in [2.75, 3.05) is 6.54 Å². The minimum atomic E-state index is -3.21. The number of aromatic amines is 1. The van der Waals surface area contributed by atoms with Gasteiger partial charge in [0.1, 0.15) is 17.3 Å². The first-order chi connectivity index (χ1) is 15.8. The van der Waals surface area contributed by atoms with Gasteiger partial charge in [-0.2, -0.15) is 17.6 Å². The van der Waals surface area contributed by atoms with Crippen molar-refractivity contribution in [1.29, 1.82) is 0 Å². The Morgan fingerprint density at radius 2 is 1.85 bits per heavy atom. The summed E-state index contributed by atoms with van der Waals surface area (Å²) in [6.07, 6.45) is 2.33. The molecule has 1 aromatic heterocycles. The van der Waals surface area contributed by atoms with Crippen LogP contribution in [0.2, 0.25) is 0 Å². The Labute approximate surface area is 185 Å². The second-order valence-electron chi connectivity index (χ2n) is 6.67. The van der Waals surface area contributed by atoms with Gasteiger partial charge in [0.25, 0.3) is 5.56 Å². The van der Waals surface area contributed by atoms with Gasteiger partial charge < -0.3 is 19.4 Å². The zero-order chi connectivity index (χ0) is 24.0. The van der Waals surface area contributed by atoms with Crippen LogP contribution in [0.1, 0.15) is 18.3 Å². The zero-order valence-corrected chi connectivity index (χ0v) is 17.3. The van der Waals surface area contributed by atoms with E-state index in [4.69, 9.17) is 0 Å². The number of fused-ring (bicyclic) bond motifs is 1. The third kappa shape index (κ3) is 6.31. The maximum atomic E-state index is 12.7. The molecule has 3 rings (SSSR count). The van der Waals surface area contributed by atoms with E-state index >= 15 is 0 Å². The number of para-hydroxylation sites is 1. The molecule has 0 fully saturated rings. The molecule has 7 nitrogen and oxygen atoms in total. The third-order valence-electron chi connectivity index (χ3n) is 4.53. The number of H-pyrrole nitrogens is 1. The Bertz CT molecular complexity index is 1210. The SMILES string of the molecule is CCN(Cc1nc2ccccc2c(=O)[nH]1)C(=O)C=Cc1ccc(OC(F)F)cc1OC(F)F. The maximum Gasteiger partial charge on any atom is 0.387 e. The molecule has 1 amide bonds. The molecule has 0 spiro atoms. The molecule has 3 aromatic rings. The summed E-state index contributed by atoms with van der Waals surface area (Å²) >= 11 is 0. The van der Waals surface area contributed by atoms with Gasteiger partial charge in [-0.15, -0.1) is 0 Å². The van der Waals surface area contributed by atoms with Crippen molar-refractivity contribution in [2.45, 2.75) is 26.7 Å². The van der Waals surface area contributed by atoms with Crippen molar-refractivity contribution >= 4 is 22.9 Å². The fourth-order valence-electron chi connectivity index (χ4n) is 3.03. The molecule has 2 aromatic carbocycles. The maximum absolute atomic E-state index is 12.7. The number of benzene rings is 2. The number of nitrogens with one attached hydrogen (secondary N) is 1. The molecule has 174 valence electrons. The van der Waals surface area contributed by atoms with Gasteiger partial charge in [-0.3, -0.25) is 9.59 Å². The molecule has 0 saturated carbocycles. The fourth-order valence-corrected chi connectivity index (χ4v) is 3.03. The highest BCUT2D eigenvalue weighted by Gasteiger charge is 2.15. The first-order valence-electron chi connectivity index (χ1n) is 9.75. The molecule has 0 unspecified atom stereocenters. The zero-order valence-electron chi connectivity index (χ0n) is 17.3. The molecule has 0 aliphatic heterocycles. The molecular weight excluding hydrogens is 446 g/mol. The number of rotatable bonds is 9. The van der Waals surface area contributed by atoms with E-state index in [1.54, 1.807) is 31.2 Å². The van der Waals surface area contributed by atoms with Crippen LogP contribution >= 0.6 is 0 Å². The highest BCUT2D eigenvalue weighted by Crippen LogP contribution is 2.28. The van der Waals surface area contributed by atoms with Gasteiger partial charge in [0.05, 0.1) is 17.4 Å². The molecule has 0 aliphatic carbocycles. The molecule has 0 atom stereocenters. The number of carbonyl (C=O) groups is 1. The molecule has 11 heteroatoms. The van der Waals surface area contributed by atoms with Crippen LogP contribution in [-0.2, 0) is 11.3 Å². The molecule has 0 bridgehead atoms. The molecule has 33 heavy (non-hydrogen) atoms. The first kappa shape index (κ1) is 23.8. The van der Waals surface area contributed by atoms with Crippen LogP contribution < -0.4 is 15.0 Å². The molecule has 0 saturated heterocycles. The summed E-state index contributed by atoms with van der Waals surface area (Å²) in [6.45, 7) is -4.37. The number of amides is 1. The van der Waals surface area contributed by atoms with E-state index in [1.165, 1.54) is 17.0 Å². The minimum Gasteiger partial charge on any atom is -0.435 e. The van der Waals surface area contributed by atoms with Crippen molar-refractivity contribution in [3.8, 4) is 11.5 Å². The number of likely N-dealkylation sites (N-methyl/N-ethyl adjacent to an activating group) is 1. The van der Waals surface area contributed by atoms with E-state index in [0.717, 1.165) is 18.2 Å². The number of carbonyl (C=O) groups excluding carboxylic acids is 1. The highest BCUT2D eigenvalue weighted by atomic mass is 19.3. The summed E-state index contributed by atoms with van der Waals surface area (Å²) in [5, 5.41) is 0.418. The predicted octanol–water partition coefficient (Wildman–Crippen LogP) is 4.19. The van der Waals surface area contributed by atoms with E-state index in [2.05, 4.69) is 19.4 Å². The van der Waals surface area contributed by atoms with Gasteiger partial charge >= 0.3 is 13.2 Å². The first-order valence-corrected chi connectivity index (χ1v) is 9.75. The van der Waals surface area contributed by atoms with Crippen LogP contribution in [0.25, 0.3) is 17.0 Å². The lowest BCUT2D eigenvalue weighted by molar-refractivity contribution is -0.126. The average molecular weight is 465 g/mol. The lowest BCUT2D eigenvalue weighted by Gasteiger charge is -2.18. The van der Waals surface area contributed by atoms with E-state index in [-0.39, 0.29) is 35.8 Å². The van der Waals surface area contributed by atoms with Crippen LogP contribution in [0.3, 0.4) is 0 Å². The topological polar surface area (TPSA) is 84.5 Å². The predicted molar refractivity (Wildman–Crippen MR) is 112 cm³/mol. The molecular formula is C22H19F4N3O4. The smallest absolute Gasteiger partial charge is 0.387 e. The van der Waals surface area contributed by atoms with Gasteiger partial charge in [0.2, 0.25) is 5.91 Å². The average Bonchev–Trinajstić information content (AvgIpc) is 2.76. The summed E-state index contributed by atoms with van der Waals surface area (Å²) in [5.74, 6) is -1.02. The van der Waals surface area contributed by atoms with Crippen molar-refractivity contribution in [2.24, 2.45) is 0 Å². The Kier molecular flexibility index (Phi) is 7.65. The second kappa shape index (κ2) is 10.6. The second-order valence-corrected chi connectivity index (χ2v) is 6.67. The molecule has 0 radical (unpaired) electrons. The minimum absolute atomic E-state index is 0.00129.